The molecular formula is C22H18F2N6O. The molecule has 1 amide bonds. The number of guanidine groups is 1. The molecule has 2 N–H and O–H groups in total. The van der Waals surface area contributed by atoms with Crippen LogP contribution in [0.4, 0.5) is 8.78 Å². The minimum absolute atomic E-state index is 0.000268. The van der Waals surface area contributed by atoms with Crippen molar-refractivity contribution >= 4 is 11.9 Å². The van der Waals surface area contributed by atoms with Gasteiger partial charge in [-0.1, -0.05) is 18.2 Å². The summed E-state index contributed by atoms with van der Waals surface area (Å²) in [7, 11) is 1.50. The van der Waals surface area contributed by atoms with Gasteiger partial charge in [-0.2, -0.15) is 9.65 Å². The van der Waals surface area contributed by atoms with E-state index in [2.05, 4.69) is 9.98 Å². The molecule has 1 atom stereocenters. The van der Waals surface area contributed by atoms with Crippen molar-refractivity contribution in [1.29, 1.82) is 5.26 Å². The fourth-order valence-corrected chi connectivity index (χ4v) is 3.77. The molecule has 31 heavy (non-hydrogen) atoms. The van der Waals surface area contributed by atoms with Gasteiger partial charge in [0.15, 0.2) is 11.5 Å². The summed E-state index contributed by atoms with van der Waals surface area (Å²) in [5.74, 6) is -1.08. The van der Waals surface area contributed by atoms with Crippen molar-refractivity contribution in [3.05, 3.63) is 77.6 Å². The molecule has 0 saturated heterocycles. The maximum absolute atomic E-state index is 14.3. The molecule has 0 aliphatic carbocycles. The van der Waals surface area contributed by atoms with Gasteiger partial charge in [-0.15, -0.1) is 0 Å². The molecular weight excluding hydrogens is 402 g/mol. The lowest BCUT2D eigenvalue weighted by Gasteiger charge is -2.25. The lowest BCUT2D eigenvalue weighted by molar-refractivity contribution is -0.129. The highest BCUT2D eigenvalue weighted by Gasteiger charge is 2.50. The van der Waals surface area contributed by atoms with Gasteiger partial charge in [-0.05, 0) is 35.4 Å². The van der Waals surface area contributed by atoms with Crippen LogP contribution in [-0.2, 0) is 16.9 Å². The van der Waals surface area contributed by atoms with Crippen molar-refractivity contribution < 1.29 is 13.6 Å². The topological polar surface area (TPSA) is 100 Å². The van der Waals surface area contributed by atoms with Crippen molar-refractivity contribution in [2.75, 3.05) is 13.7 Å². The number of aromatic nitrogens is 2. The predicted octanol–water partition coefficient (Wildman–Crippen LogP) is 2.56. The van der Waals surface area contributed by atoms with Crippen molar-refractivity contribution in [1.82, 2.24) is 14.5 Å². The van der Waals surface area contributed by atoms with E-state index < -0.39 is 24.1 Å². The molecule has 3 aromatic rings. The van der Waals surface area contributed by atoms with Gasteiger partial charge in [-0.3, -0.25) is 9.69 Å². The van der Waals surface area contributed by atoms with Crippen LogP contribution in [-0.4, -0.2) is 40.0 Å². The van der Waals surface area contributed by atoms with Crippen LogP contribution in [0.15, 0.2) is 59.9 Å². The summed E-state index contributed by atoms with van der Waals surface area (Å²) in [5, 5.41) is 9.45. The molecule has 156 valence electrons. The molecule has 1 aliphatic heterocycles. The first-order chi connectivity index (χ1) is 14.9. The van der Waals surface area contributed by atoms with Crippen LogP contribution in [0.25, 0.3) is 11.1 Å². The van der Waals surface area contributed by atoms with Gasteiger partial charge >= 0.3 is 0 Å². The molecule has 4 rings (SSSR count). The lowest BCUT2D eigenvalue weighted by Crippen LogP contribution is -2.41. The average molecular weight is 420 g/mol. The summed E-state index contributed by atoms with van der Waals surface area (Å²) in [6, 6.07) is 13.4. The van der Waals surface area contributed by atoms with Crippen molar-refractivity contribution in [2.45, 2.75) is 12.1 Å². The van der Waals surface area contributed by atoms with Gasteiger partial charge in [0.05, 0.1) is 6.54 Å². The molecule has 3 heterocycles. The molecule has 0 radical (unpaired) electrons. The molecule has 2 aromatic heterocycles. The number of amides is 1. The number of hydrogen-bond acceptors (Lipinski definition) is 5. The van der Waals surface area contributed by atoms with E-state index in [4.69, 9.17) is 5.73 Å². The third-order valence-electron chi connectivity index (χ3n) is 5.34. The normalized spacial score (nSPS) is 18.2. The van der Waals surface area contributed by atoms with Crippen molar-refractivity contribution in [3.8, 4) is 17.2 Å². The molecule has 0 spiro atoms. The second kappa shape index (κ2) is 7.65. The highest BCUT2D eigenvalue weighted by atomic mass is 19.1. The standard InChI is InChI=1S/C22H18F2N6O/c1-29-20(31)22(28-21(29)26,16-11-17(12-25)30(13-16)9-7-23)15-5-2-4-14(10-15)18-6-3-8-27-19(18)24/h2-6,8,10-11,13H,7,9H2,1H3,(H2,26,28). The Labute approximate surface area is 177 Å². The van der Waals surface area contributed by atoms with Gasteiger partial charge < -0.3 is 10.3 Å². The van der Waals surface area contributed by atoms with Crippen LogP contribution in [0.3, 0.4) is 0 Å². The van der Waals surface area contributed by atoms with E-state index >= 15 is 0 Å². The first kappa shape index (κ1) is 20.2. The fourth-order valence-electron chi connectivity index (χ4n) is 3.77. The Balaban J connectivity index is 1.95. The Hall–Kier alpha value is -4.06. The number of nitrogens with zero attached hydrogens (tertiary/aromatic N) is 5. The van der Waals surface area contributed by atoms with E-state index in [-0.39, 0.29) is 23.8 Å². The number of nitrogens with two attached hydrogens (primary N) is 1. The number of hydrogen-bond donors (Lipinski definition) is 1. The van der Waals surface area contributed by atoms with Gasteiger partial charge in [0, 0.05) is 30.6 Å². The van der Waals surface area contributed by atoms with E-state index in [1.54, 1.807) is 36.4 Å². The zero-order valence-corrected chi connectivity index (χ0v) is 16.6. The van der Waals surface area contributed by atoms with Crippen LogP contribution in [0.1, 0.15) is 16.8 Å². The summed E-state index contributed by atoms with van der Waals surface area (Å²) in [6.45, 7) is -0.714. The van der Waals surface area contributed by atoms with Crippen LogP contribution in [0.2, 0.25) is 0 Å². The number of likely N-dealkylation sites (N-methyl/N-ethyl adjacent to an activating group) is 1. The number of nitriles is 1. The third-order valence-corrected chi connectivity index (χ3v) is 5.34. The van der Waals surface area contributed by atoms with E-state index in [1.807, 2.05) is 6.07 Å². The monoisotopic (exact) mass is 420 g/mol. The Bertz CT molecular complexity index is 1240. The number of halogens is 2. The highest BCUT2D eigenvalue weighted by molar-refractivity contribution is 6.09. The zero-order valence-electron chi connectivity index (χ0n) is 16.6. The van der Waals surface area contributed by atoms with E-state index in [0.29, 0.717) is 16.7 Å². The number of rotatable bonds is 5. The maximum Gasteiger partial charge on any atom is 0.266 e. The Kier molecular flexibility index (Phi) is 4.99. The smallest absolute Gasteiger partial charge is 0.266 e. The number of aryl methyl sites for hydroxylation is 1. The number of aliphatic imine (C=N–C) groups is 1. The second-order valence-electron chi connectivity index (χ2n) is 7.08. The van der Waals surface area contributed by atoms with Gasteiger partial charge in [-0.25, -0.2) is 14.4 Å². The summed E-state index contributed by atoms with van der Waals surface area (Å²) >= 11 is 0. The van der Waals surface area contributed by atoms with Crippen molar-refractivity contribution in [2.24, 2.45) is 10.7 Å². The van der Waals surface area contributed by atoms with Crippen LogP contribution < -0.4 is 5.73 Å². The summed E-state index contributed by atoms with van der Waals surface area (Å²) < 4.78 is 28.7. The minimum atomic E-state index is -1.58. The Morgan fingerprint density at radius 2 is 2.03 bits per heavy atom. The molecule has 1 aromatic carbocycles. The lowest BCUT2D eigenvalue weighted by atomic mass is 9.83. The third kappa shape index (κ3) is 3.13. The number of carbonyl (C=O) groups is 1. The highest BCUT2D eigenvalue weighted by Crippen LogP contribution is 2.41. The zero-order chi connectivity index (χ0) is 22.2. The fraction of sp³-hybridized carbons (Fsp3) is 0.182. The number of alkyl halides is 1. The SMILES string of the molecule is CN1C(=O)C(c2cccc(-c3cccnc3F)c2)(c2cc(C#N)n(CCF)c2)N=C1N. The van der Waals surface area contributed by atoms with Crippen LogP contribution in [0, 0.1) is 17.3 Å². The first-order valence-electron chi connectivity index (χ1n) is 9.44. The largest absolute Gasteiger partial charge is 0.369 e. The molecule has 0 fully saturated rings. The molecule has 7 nitrogen and oxygen atoms in total. The second-order valence-corrected chi connectivity index (χ2v) is 7.08. The number of pyridine rings is 1. The molecule has 1 aliphatic rings. The van der Waals surface area contributed by atoms with Crippen molar-refractivity contribution in [3.63, 3.8) is 0 Å². The van der Waals surface area contributed by atoms with Crippen LogP contribution in [0.5, 0.6) is 0 Å². The van der Waals surface area contributed by atoms with Crippen LogP contribution >= 0.6 is 0 Å². The Morgan fingerprint density at radius 1 is 1.23 bits per heavy atom. The molecule has 9 heteroatoms. The van der Waals surface area contributed by atoms with E-state index in [0.717, 1.165) is 0 Å². The Morgan fingerprint density at radius 3 is 2.68 bits per heavy atom. The quantitative estimate of drug-likeness (QED) is 0.641. The van der Waals surface area contributed by atoms with Gasteiger partial charge in [0.25, 0.3) is 5.91 Å². The summed E-state index contributed by atoms with van der Waals surface area (Å²) in [6.07, 6.45) is 2.88. The minimum Gasteiger partial charge on any atom is -0.369 e. The van der Waals surface area contributed by atoms with E-state index in [9.17, 15) is 18.8 Å². The molecule has 1 unspecified atom stereocenters. The maximum atomic E-state index is 14.3. The molecule has 0 bridgehead atoms. The predicted molar refractivity (Wildman–Crippen MR) is 110 cm³/mol. The molecule has 0 saturated carbocycles. The average Bonchev–Trinajstić information content (AvgIpc) is 3.29. The summed E-state index contributed by atoms with van der Waals surface area (Å²) in [5.41, 5.74) is 6.17. The number of benzene rings is 1. The first-order valence-corrected chi connectivity index (χ1v) is 9.44. The van der Waals surface area contributed by atoms with Gasteiger partial charge in [0.1, 0.15) is 18.4 Å². The summed E-state index contributed by atoms with van der Waals surface area (Å²) in [4.78, 5) is 22.8. The number of carbonyl (C=O) groups excluding carboxylic acids is 1. The van der Waals surface area contributed by atoms with Gasteiger partial charge in [0.2, 0.25) is 5.95 Å². The van der Waals surface area contributed by atoms with E-state index in [1.165, 1.54) is 35.0 Å².